The number of non-ortho nitro benzene ring substituents is 1. The van der Waals surface area contributed by atoms with Crippen molar-refractivity contribution in [2.75, 3.05) is 7.11 Å². The average molecular weight is 246 g/mol. The number of aryl methyl sites for hydroxylation is 1. The molecule has 6 heteroatoms. The molecule has 1 aromatic carbocycles. The van der Waals surface area contributed by atoms with Crippen LogP contribution in [0.2, 0.25) is 0 Å². The van der Waals surface area contributed by atoms with Gasteiger partial charge in [0.05, 0.1) is 17.4 Å². The summed E-state index contributed by atoms with van der Waals surface area (Å²) in [5.74, 6) is -0.607. The van der Waals surface area contributed by atoms with E-state index in [4.69, 9.17) is 0 Å². The Kier molecular flexibility index (Phi) is 2.93. The number of benzene rings is 1. The molecule has 0 amide bonds. The third-order valence-corrected chi connectivity index (χ3v) is 2.56. The lowest BCUT2D eigenvalue weighted by molar-refractivity contribution is -0.383. The van der Waals surface area contributed by atoms with Crippen molar-refractivity contribution in [3.8, 4) is 0 Å². The van der Waals surface area contributed by atoms with E-state index in [2.05, 4.69) is 9.72 Å². The summed E-state index contributed by atoms with van der Waals surface area (Å²) in [6, 6.07) is 6.10. The maximum atomic E-state index is 11.6. The van der Waals surface area contributed by atoms with E-state index in [-0.39, 0.29) is 11.4 Å². The quantitative estimate of drug-likeness (QED) is 0.461. The third kappa shape index (κ3) is 1.88. The molecule has 0 unspecified atom stereocenters. The van der Waals surface area contributed by atoms with Gasteiger partial charge in [-0.15, -0.1) is 0 Å². The molecule has 2 rings (SSSR count). The second kappa shape index (κ2) is 4.40. The molecule has 0 aliphatic heterocycles. The van der Waals surface area contributed by atoms with Crippen molar-refractivity contribution in [1.29, 1.82) is 0 Å². The van der Waals surface area contributed by atoms with Gasteiger partial charge >= 0.3 is 5.97 Å². The fourth-order valence-corrected chi connectivity index (χ4v) is 1.80. The van der Waals surface area contributed by atoms with Crippen molar-refractivity contribution in [1.82, 2.24) is 4.98 Å². The zero-order chi connectivity index (χ0) is 13.3. The molecule has 1 heterocycles. The number of esters is 1. The monoisotopic (exact) mass is 246 g/mol. The summed E-state index contributed by atoms with van der Waals surface area (Å²) < 4.78 is 4.63. The molecule has 0 saturated carbocycles. The minimum Gasteiger partial charge on any atom is -0.464 e. The van der Waals surface area contributed by atoms with Crippen LogP contribution < -0.4 is 0 Å². The molecule has 0 saturated heterocycles. The maximum Gasteiger partial charge on any atom is 0.357 e. The topological polar surface area (TPSA) is 82.3 Å². The first-order valence-electron chi connectivity index (χ1n) is 5.17. The molecular weight excluding hydrogens is 236 g/mol. The van der Waals surface area contributed by atoms with Gasteiger partial charge in [-0.25, -0.2) is 9.78 Å². The second-order valence-corrected chi connectivity index (χ2v) is 3.73. The lowest BCUT2D eigenvalue weighted by Crippen LogP contribution is -2.06. The van der Waals surface area contributed by atoms with Gasteiger partial charge in [0.1, 0.15) is 0 Å². The first kappa shape index (κ1) is 12.0. The Morgan fingerprint density at radius 3 is 2.72 bits per heavy atom. The Bertz CT molecular complexity index is 652. The van der Waals surface area contributed by atoms with Crippen LogP contribution in [0.25, 0.3) is 10.8 Å². The Morgan fingerprint density at radius 2 is 2.11 bits per heavy atom. The molecule has 0 aliphatic rings. The van der Waals surface area contributed by atoms with Gasteiger partial charge in [0, 0.05) is 17.1 Å². The molecule has 0 aliphatic carbocycles. The first-order chi connectivity index (χ1) is 8.54. The number of methoxy groups -OCH3 is 1. The summed E-state index contributed by atoms with van der Waals surface area (Å²) in [4.78, 5) is 26.1. The van der Waals surface area contributed by atoms with Crippen LogP contribution in [0.4, 0.5) is 5.69 Å². The van der Waals surface area contributed by atoms with Crippen LogP contribution in [-0.2, 0) is 4.74 Å². The second-order valence-electron chi connectivity index (χ2n) is 3.73. The van der Waals surface area contributed by atoms with Crippen LogP contribution in [0, 0.1) is 17.0 Å². The van der Waals surface area contributed by atoms with Gasteiger partial charge in [0.2, 0.25) is 0 Å². The number of fused-ring (bicyclic) bond motifs is 1. The van der Waals surface area contributed by atoms with E-state index in [0.29, 0.717) is 16.5 Å². The number of nitro groups is 1. The number of nitrogens with zero attached hydrogens (tertiary/aromatic N) is 2. The minimum atomic E-state index is -0.607. The van der Waals surface area contributed by atoms with Gasteiger partial charge in [0.15, 0.2) is 5.69 Å². The van der Waals surface area contributed by atoms with Gasteiger partial charge in [-0.1, -0.05) is 12.1 Å². The number of hydrogen-bond acceptors (Lipinski definition) is 5. The van der Waals surface area contributed by atoms with E-state index in [1.807, 2.05) is 0 Å². The molecule has 92 valence electrons. The van der Waals surface area contributed by atoms with Crippen LogP contribution in [-0.4, -0.2) is 23.0 Å². The molecule has 0 fully saturated rings. The van der Waals surface area contributed by atoms with E-state index in [9.17, 15) is 14.9 Å². The normalized spacial score (nSPS) is 10.3. The third-order valence-electron chi connectivity index (χ3n) is 2.56. The highest BCUT2D eigenvalue weighted by molar-refractivity contribution is 6.05. The molecule has 0 bridgehead atoms. The number of carbonyl (C=O) groups is 1. The van der Waals surface area contributed by atoms with E-state index in [0.717, 1.165) is 0 Å². The molecule has 1 aromatic heterocycles. The zero-order valence-electron chi connectivity index (χ0n) is 9.84. The number of carbonyl (C=O) groups excluding carboxylic acids is 1. The maximum absolute atomic E-state index is 11.6. The molecule has 0 atom stereocenters. The highest BCUT2D eigenvalue weighted by Crippen LogP contribution is 2.27. The molecule has 6 nitrogen and oxygen atoms in total. The molecule has 0 radical (unpaired) electrons. The van der Waals surface area contributed by atoms with Crippen LogP contribution in [0.5, 0.6) is 0 Å². The standard InChI is InChI=1S/C12H10N2O4/c1-7-6-9-8(11(13-7)12(15)18-2)4-3-5-10(9)14(16)17/h3-6H,1-2H3. The number of ether oxygens (including phenoxy) is 1. The molecule has 0 spiro atoms. The fourth-order valence-electron chi connectivity index (χ4n) is 1.80. The van der Waals surface area contributed by atoms with Gasteiger partial charge < -0.3 is 4.74 Å². The lowest BCUT2D eigenvalue weighted by Gasteiger charge is -2.06. The molecule has 18 heavy (non-hydrogen) atoms. The highest BCUT2D eigenvalue weighted by atomic mass is 16.6. The molecular formula is C12H10N2O4. The summed E-state index contributed by atoms with van der Waals surface area (Å²) in [5, 5.41) is 11.7. The number of aromatic nitrogens is 1. The van der Waals surface area contributed by atoms with Crippen LogP contribution >= 0.6 is 0 Å². The first-order valence-corrected chi connectivity index (χ1v) is 5.17. The fraction of sp³-hybridized carbons (Fsp3) is 0.167. The summed E-state index contributed by atoms with van der Waals surface area (Å²) in [7, 11) is 1.25. The van der Waals surface area contributed by atoms with Crippen LogP contribution in [0.15, 0.2) is 24.3 Å². The molecule has 0 N–H and O–H groups in total. The van der Waals surface area contributed by atoms with E-state index < -0.39 is 10.9 Å². The van der Waals surface area contributed by atoms with E-state index in [1.165, 1.54) is 19.2 Å². The largest absolute Gasteiger partial charge is 0.464 e. The summed E-state index contributed by atoms with van der Waals surface area (Å²) in [6.07, 6.45) is 0. The van der Waals surface area contributed by atoms with Crippen molar-refractivity contribution in [2.24, 2.45) is 0 Å². The van der Waals surface area contributed by atoms with Gasteiger partial charge in [0.25, 0.3) is 5.69 Å². The molecule has 2 aromatic rings. The van der Waals surface area contributed by atoms with Crippen molar-refractivity contribution >= 4 is 22.4 Å². The Balaban J connectivity index is 2.86. The van der Waals surface area contributed by atoms with Crippen molar-refractivity contribution < 1.29 is 14.5 Å². The minimum absolute atomic E-state index is 0.0526. The van der Waals surface area contributed by atoms with Gasteiger partial charge in [-0.05, 0) is 13.0 Å². The SMILES string of the molecule is COC(=O)c1nc(C)cc2c([N+](=O)[O-])cccc12. The predicted octanol–water partition coefficient (Wildman–Crippen LogP) is 2.24. The Hall–Kier alpha value is -2.50. The summed E-state index contributed by atoms with van der Waals surface area (Å²) in [6.45, 7) is 1.67. The number of pyridine rings is 1. The van der Waals surface area contributed by atoms with Crippen LogP contribution in [0.1, 0.15) is 16.2 Å². The highest BCUT2D eigenvalue weighted by Gasteiger charge is 2.18. The van der Waals surface area contributed by atoms with E-state index >= 15 is 0 Å². The van der Waals surface area contributed by atoms with Crippen molar-refractivity contribution in [2.45, 2.75) is 6.92 Å². The summed E-state index contributed by atoms with van der Waals surface area (Å²) >= 11 is 0. The lowest BCUT2D eigenvalue weighted by atomic mass is 10.1. The number of hydrogen-bond donors (Lipinski definition) is 0. The predicted molar refractivity (Wildman–Crippen MR) is 64.5 cm³/mol. The van der Waals surface area contributed by atoms with Gasteiger partial charge in [-0.2, -0.15) is 0 Å². The Morgan fingerprint density at radius 1 is 1.39 bits per heavy atom. The number of rotatable bonds is 2. The smallest absolute Gasteiger partial charge is 0.357 e. The van der Waals surface area contributed by atoms with Crippen molar-refractivity contribution in [3.63, 3.8) is 0 Å². The summed E-state index contributed by atoms with van der Waals surface area (Å²) in [5.41, 5.74) is 0.566. The van der Waals surface area contributed by atoms with Crippen molar-refractivity contribution in [3.05, 3.63) is 45.8 Å². The van der Waals surface area contributed by atoms with Crippen LogP contribution in [0.3, 0.4) is 0 Å². The number of nitro benzene ring substituents is 1. The van der Waals surface area contributed by atoms with E-state index in [1.54, 1.807) is 19.1 Å². The zero-order valence-corrected chi connectivity index (χ0v) is 9.84. The average Bonchev–Trinajstić information content (AvgIpc) is 2.35. The van der Waals surface area contributed by atoms with Gasteiger partial charge in [-0.3, -0.25) is 10.1 Å². The Labute approximate surface area is 102 Å².